The van der Waals surface area contributed by atoms with E-state index in [-0.39, 0.29) is 30.0 Å². The van der Waals surface area contributed by atoms with E-state index in [1.165, 1.54) is 11.3 Å². The smallest absolute Gasteiger partial charge is 0.259 e. The maximum Gasteiger partial charge on any atom is 0.259 e. The van der Waals surface area contributed by atoms with Gasteiger partial charge in [-0.1, -0.05) is 34.6 Å². The van der Waals surface area contributed by atoms with Gasteiger partial charge < -0.3 is 19.7 Å². The molecule has 0 bridgehead atoms. The highest BCUT2D eigenvalue weighted by atomic mass is 32.1. The van der Waals surface area contributed by atoms with E-state index in [1.54, 1.807) is 10.4 Å². The lowest BCUT2D eigenvalue weighted by molar-refractivity contribution is -0.138. The van der Waals surface area contributed by atoms with Crippen LogP contribution in [0.3, 0.4) is 0 Å². The molecule has 0 aromatic carbocycles. The van der Waals surface area contributed by atoms with E-state index in [0.29, 0.717) is 18.2 Å². The first-order chi connectivity index (χ1) is 13.1. The SMILES string of the molecule is Cc1ncsc1-c1nnc([C@@H]2C[C@@H](O)CN2C(=O)[C@@H](NC(C)C)C(C)(C)C)o1. The van der Waals surface area contributed by atoms with Crippen molar-refractivity contribution in [1.82, 2.24) is 25.4 Å². The lowest BCUT2D eigenvalue weighted by atomic mass is 9.85. The fourth-order valence-electron chi connectivity index (χ4n) is 3.45. The lowest BCUT2D eigenvalue weighted by Crippen LogP contribution is -2.54. The standard InChI is InChI=1S/C19H29N5O3S/c1-10(2)21-15(19(4,5)6)18(26)24-8-12(25)7-13(24)16-22-23-17(27-16)14-11(3)20-9-28-14/h9-10,12-13,15,21,25H,7-8H2,1-6H3/t12-,13+,15-/m1/s1. The second kappa shape index (κ2) is 7.88. The third-order valence-electron chi connectivity index (χ3n) is 4.84. The van der Waals surface area contributed by atoms with Crippen molar-refractivity contribution in [2.24, 2.45) is 5.41 Å². The van der Waals surface area contributed by atoms with Gasteiger partial charge in [0, 0.05) is 19.0 Å². The van der Waals surface area contributed by atoms with E-state index >= 15 is 0 Å². The van der Waals surface area contributed by atoms with Gasteiger partial charge in [0.2, 0.25) is 11.8 Å². The topological polar surface area (TPSA) is 104 Å². The van der Waals surface area contributed by atoms with E-state index in [4.69, 9.17) is 4.42 Å². The molecule has 1 fully saturated rings. The number of aromatic nitrogens is 3. The Hall–Kier alpha value is -1.84. The highest BCUT2D eigenvalue weighted by molar-refractivity contribution is 7.13. The zero-order chi connectivity index (χ0) is 20.6. The van der Waals surface area contributed by atoms with E-state index < -0.39 is 12.1 Å². The number of nitrogens with zero attached hydrogens (tertiary/aromatic N) is 4. The Balaban J connectivity index is 1.88. The number of amides is 1. The van der Waals surface area contributed by atoms with Crippen molar-refractivity contribution in [3.05, 3.63) is 17.1 Å². The average Bonchev–Trinajstić information content (AvgIpc) is 3.29. The van der Waals surface area contributed by atoms with Crippen molar-refractivity contribution in [2.75, 3.05) is 6.54 Å². The van der Waals surface area contributed by atoms with Gasteiger partial charge in [0.05, 0.1) is 23.4 Å². The van der Waals surface area contributed by atoms with E-state index in [0.717, 1.165) is 10.6 Å². The molecule has 8 nitrogen and oxygen atoms in total. The van der Waals surface area contributed by atoms with Gasteiger partial charge in [-0.3, -0.25) is 4.79 Å². The molecule has 9 heteroatoms. The van der Waals surface area contributed by atoms with Crippen LogP contribution in [0.2, 0.25) is 0 Å². The number of aryl methyl sites for hydroxylation is 1. The van der Waals surface area contributed by atoms with E-state index in [9.17, 15) is 9.90 Å². The van der Waals surface area contributed by atoms with Crippen LogP contribution in [0.4, 0.5) is 0 Å². The van der Waals surface area contributed by atoms with Gasteiger partial charge in [-0.15, -0.1) is 21.5 Å². The maximum atomic E-state index is 13.4. The van der Waals surface area contributed by atoms with Crippen LogP contribution in [-0.4, -0.2) is 55.8 Å². The highest BCUT2D eigenvalue weighted by Crippen LogP contribution is 2.36. The van der Waals surface area contributed by atoms with Gasteiger partial charge >= 0.3 is 0 Å². The fraction of sp³-hybridized carbons (Fsp3) is 0.684. The number of rotatable bonds is 5. The Kier molecular flexibility index (Phi) is 5.88. The van der Waals surface area contributed by atoms with Crippen molar-refractivity contribution < 1.29 is 14.3 Å². The summed E-state index contributed by atoms with van der Waals surface area (Å²) in [7, 11) is 0. The van der Waals surface area contributed by atoms with Crippen molar-refractivity contribution in [2.45, 2.75) is 72.2 Å². The molecule has 2 N–H and O–H groups in total. The molecule has 1 aliphatic heterocycles. The number of β-amino-alcohol motifs (C(OH)–C–C–N with tert-alkyl or cyclic N) is 1. The summed E-state index contributed by atoms with van der Waals surface area (Å²) in [5, 5.41) is 22.0. The van der Waals surface area contributed by atoms with Crippen LogP contribution in [0, 0.1) is 12.3 Å². The van der Waals surface area contributed by atoms with Gasteiger partial charge in [0.15, 0.2) is 0 Å². The molecule has 0 aliphatic carbocycles. The zero-order valence-corrected chi connectivity index (χ0v) is 18.1. The number of nitrogens with one attached hydrogen (secondary N) is 1. The number of hydrogen-bond acceptors (Lipinski definition) is 8. The molecule has 0 unspecified atom stereocenters. The number of hydrogen-bond donors (Lipinski definition) is 2. The molecule has 2 aromatic heterocycles. The molecular weight excluding hydrogens is 378 g/mol. The van der Waals surface area contributed by atoms with Crippen molar-refractivity contribution >= 4 is 17.2 Å². The second-order valence-electron chi connectivity index (χ2n) is 8.73. The molecule has 154 valence electrons. The Bertz CT molecular complexity index is 826. The Labute approximate surface area is 169 Å². The summed E-state index contributed by atoms with van der Waals surface area (Å²) < 4.78 is 5.89. The molecule has 0 radical (unpaired) electrons. The Morgan fingerprint density at radius 1 is 1.39 bits per heavy atom. The second-order valence-corrected chi connectivity index (χ2v) is 9.58. The number of thiazole rings is 1. The molecule has 3 rings (SSSR count). The van der Waals surface area contributed by atoms with Gasteiger partial charge in [-0.05, 0) is 12.3 Å². The summed E-state index contributed by atoms with van der Waals surface area (Å²) in [6.45, 7) is 12.3. The van der Waals surface area contributed by atoms with Crippen LogP contribution in [0.1, 0.15) is 58.7 Å². The minimum atomic E-state index is -0.617. The fourth-order valence-corrected chi connectivity index (χ4v) is 4.17. The summed E-state index contributed by atoms with van der Waals surface area (Å²) in [6.07, 6.45) is -0.234. The summed E-state index contributed by atoms with van der Waals surface area (Å²) in [5.41, 5.74) is 2.28. The highest BCUT2D eigenvalue weighted by Gasteiger charge is 2.44. The minimum absolute atomic E-state index is 0.0588. The van der Waals surface area contributed by atoms with E-state index in [1.807, 2.05) is 41.5 Å². The lowest BCUT2D eigenvalue weighted by Gasteiger charge is -2.36. The van der Waals surface area contributed by atoms with Gasteiger partial charge in [-0.2, -0.15) is 0 Å². The molecule has 28 heavy (non-hydrogen) atoms. The molecule has 0 spiro atoms. The van der Waals surface area contributed by atoms with Crippen molar-refractivity contribution in [1.29, 1.82) is 0 Å². The van der Waals surface area contributed by atoms with Gasteiger partial charge in [0.1, 0.15) is 10.9 Å². The molecule has 3 heterocycles. The van der Waals surface area contributed by atoms with Crippen LogP contribution in [0.5, 0.6) is 0 Å². The van der Waals surface area contributed by atoms with Crippen LogP contribution in [0.15, 0.2) is 9.93 Å². The number of aliphatic hydroxyl groups excluding tert-OH is 1. The van der Waals surface area contributed by atoms with E-state index in [2.05, 4.69) is 20.5 Å². The summed E-state index contributed by atoms with van der Waals surface area (Å²) in [6, 6.07) is -0.661. The van der Waals surface area contributed by atoms with Gasteiger partial charge in [0.25, 0.3) is 5.89 Å². The number of carbonyl (C=O) groups is 1. The largest absolute Gasteiger partial charge is 0.418 e. The first-order valence-electron chi connectivity index (χ1n) is 9.56. The Morgan fingerprint density at radius 3 is 2.68 bits per heavy atom. The summed E-state index contributed by atoms with van der Waals surface area (Å²) in [5.74, 6) is 0.692. The first kappa shape index (κ1) is 20.9. The molecule has 2 aromatic rings. The summed E-state index contributed by atoms with van der Waals surface area (Å²) >= 11 is 1.43. The molecule has 3 atom stereocenters. The monoisotopic (exact) mass is 407 g/mol. The molecule has 0 saturated carbocycles. The quantitative estimate of drug-likeness (QED) is 0.785. The van der Waals surface area contributed by atoms with Crippen LogP contribution < -0.4 is 5.32 Å². The number of carbonyl (C=O) groups excluding carboxylic acids is 1. The number of likely N-dealkylation sites (tertiary alicyclic amines) is 1. The molecule has 1 amide bonds. The zero-order valence-electron chi connectivity index (χ0n) is 17.3. The van der Waals surface area contributed by atoms with Crippen LogP contribution in [0.25, 0.3) is 10.8 Å². The van der Waals surface area contributed by atoms with Crippen molar-refractivity contribution in [3.63, 3.8) is 0 Å². The predicted octanol–water partition coefficient (Wildman–Crippen LogP) is 2.55. The predicted molar refractivity (Wildman–Crippen MR) is 107 cm³/mol. The van der Waals surface area contributed by atoms with Crippen LogP contribution in [-0.2, 0) is 4.79 Å². The van der Waals surface area contributed by atoms with Crippen molar-refractivity contribution in [3.8, 4) is 10.8 Å². The van der Waals surface area contributed by atoms with Gasteiger partial charge in [-0.25, -0.2) is 4.98 Å². The number of aliphatic hydroxyl groups is 1. The molecular formula is C19H29N5O3S. The molecule has 1 aliphatic rings. The third-order valence-corrected chi connectivity index (χ3v) is 5.76. The average molecular weight is 408 g/mol. The third kappa shape index (κ3) is 4.26. The maximum absolute atomic E-state index is 13.4. The first-order valence-corrected chi connectivity index (χ1v) is 10.4. The van der Waals surface area contributed by atoms with Crippen LogP contribution >= 0.6 is 11.3 Å². The molecule has 1 saturated heterocycles. The normalized spacial score (nSPS) is 21.5. The summed E-state index contributed by atoms with van der Waals surface area (Å²) in [4.78, 5) is 20.1. The minimum Gasteiger partial charge on any atom is -0.418 e. The Morgan fingerprint density at radius 2 is 2.11 bits per heavy atom.